The normalized spacial score (nSPS) is 10.2. The number of nitrogens with two attached hydrogens (primary N) is 1. The number of nitrogens with one attached hydrogen (secondary N) is 1. The predicted octanol–water partition coefficient (Wildman–Crippen LogP) is 3.21. The fourth-order valence-corrected chi connectivity index (χ4v) is 1.61. The van der Waals surface area contributed by atoms with Gasteiger partial charge in [0.25, 0.3) is 0 Å². The minimum absolute atomic E-state index is 0.178. The van der Waals surface area contributed by atoms with Crippen LogP contribution in [0.2, 0.25) is 5.02 Å². The summed E-state index contributed by atoms with van der Waals surface area (Å²) in [4.78, 5) is 4.02. The van der Waals surface area contributed by atoms with Gasteiger partial charge in [0.05, 0.1) is 17.8 Å². The van der Waals surface area contributed by atoms with Crippen LogP contribution in [0.5, 0.6) is 5.75 Å². The molecule has 1 aromatic heterocycles. The van der Waals surface area contributed by atoms with Gasteiger partial charge >= 0.3 is 0 Å². The second kappa shape index (κ2) is 5.10. The van der Waals surface area contributed by atoms with Gasteiger partial charge in [-0.25, -0.2) is 9.37 Å². The molecule has 0 radical (unpaired) electrons. The van der Waals surface area contributed by atoms with Gasteiger partial charge < -0.3 is 15.8 Å². The van der Waals surface area contributed by atoms with Gasteiger partial charge in [-0.05, 0) is 18.2 Å². The Morgan fingerprint density at radius 2 is 2.17 bits per heavy atom. The number of ether oxygens (including phenoxy) is 1. The van der Waals surface area contributed by atoms with Crippen molar-refractivity contribution in [3.05, 3.63) is 41.3 Å². The fourth-order valence-electron chi connectivity index (χ4n) is 1.44. The highest BCUT2D eigenvalue weighted by molar-refractivity contribution is 6.30. The van der Waals surface area contributed by atoms with Gasteiger partial charge in [0.1, 0.15) is 0 Å². The van der Waals surface area contributed by atoms with E-state index in [4.69, 9.17) is 22.1 Å². The summed E-state index contributed by atoms with van der Waals surface area (Å²) in [7, 11) is 1.41. The van der Waals surface area contributed by atoms with Crippen molar-refractivity contribution in [3.63, 3.8) is 0 Å². The summed E-state index contributed by atoms with van der Waals surface area (Å²) < 4.78 is 18.3. The van der Waals surface area contributed by atoms with E-state index in [2.05, 4.69) is 10.3 Å². The zero-order valence-electron chi connectivity index (χ0n) is 9.58. The van der Waals surface area contributed by atoms with Crippen LogP contribution in [-0.4, -0.2) is 12.1 Å². The fraction of sp³-hybridized carbons (Fsp3) is 0.0833. The minimum Gasteiger partial charge on any atom is -0.494 e. The molecule has 94 valence electrons. The molecular formula is C12H11ClFN3O. The van der Waals surface area contributed by atoms with Crippen molar-refractivity contribution in [3.8, 4) is 5.75 Å². The number of hydrogen-bond acceptors (Lipinski definition) is 4. The van der Waals surface area contributed by atoms with Crippen molar-refractivity contribution < 1.29 is 9.13 Å². The Morgan fingerprint density at radius 3 is 2.78 bits per heavy atom. The summed E-state index contributed by atoms with van der Waals surface area (Å²) in [5.74, 6) is 0.136. The van der Waals surface area contributed by atoms with Crippen LogP contribution in [0.4, 0.5) is 21.6 Å². The molecule has 0 unspecified atom stereocenters. The maximum atomic E-state index is 13.5. The number of nitrogens with zero attached hydrogens (tertiary/aromatic N) is 1. The van der Waals surface area contributed by atoms with Crippen LogP contribution in [0, 0.1) is 5.82 Å². The second-order valence-electron chi connectivity index (χ2n) is 3.57. The SMILES string of the molecule is COc1ccc(Nc2ncc(Cl)cc2N)cc1F. The zero-order chi connectivity index (χ0) is 13.1. The van der Waals surface area contributed by atoms with E-state index < -0.39 is 5.82 Å². The monoisotopic (exact) mass is 267 g/mol. The van der Waals surface area contributed by atoms with Gasteiger partial charge in [0.15, 0.2) is 17.4 Å². The third-order valence-corrected chi connectivity index (χ3v) is 2.51. The molecule has 0 spiro atoms. The summed E-state index contributed by atoms with van der Waals surface area (Å²) in [5, 5.41) is 3.34. The first-order valence-corrected chi connectivity index (χ1v) is 5.49. The number of anilines is 3. The molecule has 1 aromatic carbocycles. The van der Waals surface area contributed by atoms with E-state index in [1.54, 1.807) is 12.1 Å². The molecule has 0 fully saturated rings. The Balaban J connectivity index is 2.26. The molecule has 6 heteroatoms. The number of benzene rings is 1. The molecule has 1 heterocycles. The Hall–Kier alpha value is -2.01. The smallest absolute Gasteiger partial charge is 0.167 e. The van der Waals surface area contributed by atoms with Crippen LogP contribution in [0.25, 0.3) is 0 Å². The van der Waals surface area contributed by atoms with E-state index in [1.807, 2.05) is 0 Å². The van der Waals surface area contributed by atoms with Gasteiger partial charge in [0, 0.05) is 18.0 Å². The standard InChI is InChI=1S/C12H11ClFN3O/c1-18-11-3-2-8(5-9(11)14)17-12-10(15)4-7(13)6-16-12/h2-6H,15H2,1H3,(H,16,17). The van der Waals surface area contributed by atoms with Gasteiger partial charge in [-0.3, -0.25) is 0 Å². The van der Waals surface area contributed by atoms with E-state index in [-0.39, 0.29) is 5.75 Å². The van der Waals surface area contributed by atoms with Gasteiger partial charge in [-0.15, -0.1) is 0 Å². The lowest BCUT2D eigenvalue weighted by atomic mass is 10.3. The number of rotatable bonds is 3. The van der Waals surface area contributed by atoms with Crippen molar-refractivity contribution in [1.82, 2.24) is 4.98 Å². The average Bonchev–Trinajstić information content (AvgIpc) is 2.33. The molecule has 3 N–H and O–H groups in total. The van der Waals surface area contributed by atoms with E-state index in [0.717, 1.165) is 0 Å². The lowest BCUT2D eigenvalue weighted by Crippen LogP contribution is -1.99. The van der Waals surface area contributed by atoms with Gasteiger partial charge in [-0.1, -0.05) is 11.6 Å². The van der Waals surface area contributed by atoms with Crippen molar-refractivity contribution in [2.75, 3.05) is 18.2 Å². The van der Waals surface area contributed by atoms with E-state index >= 15 is 0 Å². The molecule has 0 saturated heterocycles. The molecule has 0 aliphatic heterocycles. The number of hydrogen-bond donors (Lipinski definition) is 2. The average molecular weight is 268 g/mol. The molecular weight excluding hydrogens is 257 g/mol. The maximum absolute atomic E-state index is 13.5. The highest BCUT2D eigenvalue weighted by atomic mass is 35.5. The van der Waals surface area contributed by atoms with Crippen LogP contribution in [0.3, 0.4) is 0 Å². The first-order valence-electron chi connectivity index (χ1n) is 5.11. The molecule has 0 aliphatic rings. The molecule has 2 aromatic rings. The van der Waals surface area contributed by atoms with Crippen molar-refractivity contribution in [2.45, 2.75) is 0 Å². The number of pyridine rings is 1. The molecule has 0 saturated carbocycles. The Morgan fingerprint density at radius 1 is 1.39 bits per heavy atom. The Kier molecular flexibility index (Phi) is 3.53. The lowest BCUT2D eigenvalue weighted by molar-refractivity contribution is 0.386. The summed E-state index contributed by atoms with van der Waals surface area (Å²) in [5.41, 5.74) is 6.65. The van der Waals surface area contributed by atoms with E-state index in [0.29, 0.717) is 22.2 Å². The van der Waals surface area contributed by atoms with Gasteiger partial charge in [-0.2, -0.15) is 0 Å². The molecule has 18 heavy (non-hydrogen) atoms. The molecule has 0 atom stereocenters. The minimum atomic E-state index is -0.463. The van der Waals surface area contributed by atoms with Gasteiger partial charge in [0.2, 0.25) is 0 Å². The first kappa shape index (κ1) is 12.4. The quantitative estimate of drug-likeness (QED) is 0.896. The van der Waals surface area contributed by atoms with Crippen molar-refractivity contribution >= 4 is 28.8 Å². The highest BCUT2D eigenvalue weighted by Crippen LogP contribution is 2.26. The summed E-state index contributed by atoms with van der Waals surface area (Å²) >= 11 is 5.74. The van der Waals surface area contributed by atoms with Crippen LogP contribution < -0.4 is 15.8 Å². The van der Waals surface area contributed by atoms with Crippen LogP contribution in [0.15, 0.2) is 30.5 Å². The maximum Gasteiger partial charge on any atom is 0.167 e. The summed E-state index contributed by atoms with van der Waals surface area (Å²) in [6.07, 6.45) is 1.46. The topological polar surface area (TPSA) is 60.2 Å². The van der Waals surface area contributed by atoms with E-state index in [9.17, 15) is 4.39 Å². The number of nitrogen functional groups attached to an aromatic ring is 1. The first-order chi connectivity index (χ1) is 8.60. The third kappa shape index (κ3) is 2.62. The Bertz CT molecular complexity index is 577. The summed E-state index contributed by atoms with van der Waals surface area (Å²) in [6, 6.07) is 6.05. The van der Waals surface area contributed by atoms with E-state index in [1.165, 1.54) is 25.4 Å². The molecule has 0 aliphatic carbocycles. The van der Waals surface area contributed by atoms with Crippen molar-refractivity contribution in [1.29, 1.82) is 0 Å². The second-order valence-corrected chi connectivity index (χ2v) is 4.00. The largest absolute Gasteiger partial charge is 0.494 e. The third-order valence-electron chi connectivity index (χ3n) is 2.30. The lowest BCUT2D eigenvalue weighted by Gasteiger charge is -2.09. The Labute approximate surface area is 109 Å². The number of aromatic nitrogens is 1. The zero-order valence-corrected chi connectivity index (χ0v) is 10.3. The molecule has 0 bridgehead atoms. The molecule has 2 rings (SSSR count). The molecule has 4 nitrogen and oxygen atoms in total. The summed E-state index contributed by atoms with van der Waals surface area (Å²) in [6.45, 7) is 0. The van der Waals surface area contributed by atoms with Crippen LogP contribution in [-0.2, 0) is 0 Å². The van der Waals surface area contributed by atoms with Crippen molar-refractivity contribution in [2.24, 2.45) is 0 Å². The van der Waals surface area contributed by atoms with Crippen LogP contribution in [0.1, 0.15) is 0 Å². The predicted molar refractivity (Wildman–Crippen MR) is 69.9 cm³/mol. The number of halogens is 2. The number of methoxy groups -OCH3 is 1. The highest BCUT2D eigenvalue weighted by Gasteiger charge is 2.06. The molecule has 0 amide bonds. The van der Waals surface area contributed by atoms with Crippen LogP contribution >= 0.6 is 11.6 Å².